The number of hydrogen-bond acceptors (Lipinski definition) is 1. The van der Waals surface area contributed by atoms with E-state index in [-0.39, 0.29) is 11.1 Å². The topological polar surface area (TPSA) is 3.24 Å². The van der Waals surface area contributed by atoms with Gasteiger partial charge in [0, 0.05) is 16.8 Å². The minimum absolute atomic E-state index is 0.0473. The van der Waals surface area contributed by atoms with Crippen LogP contribution in [0.25, 0.3) is 22.3 Å². The molecule has 0 amide bonds. The Labute approximate surface area is 245 Å². The summed E-state index contributed by atoms with van der Waals surface area (Å²) in [6, 6.07) is 47.9. The molecule has 2 heterocycles. The van der Waals surface area contributed by atoms with E-state index in [2.05, 4.69) is 160 Å². The van der Waals surface area contributed by atoms with Gasteiger partial charge in [-0.1, -0.05) is 138 Å². The summed E-state index contributed by atoms with van der Waals surface area (Å²) >= 11 is 0. The van der Waals surface area contributed by atoms with Gasteiger partial charge in [0.2, 0.25) is 0 Å². The Hall–Kier alpha value is -4.04. The molecule has 0 spiro atoms. The van der Waals surface area contributed by atoms with Crippen molar-refractivity contribution >= 4 is 33.7 Å². The summed E-state index contributed by atoms with van der Waals surface area (Å²) in [4.78, 5) is 2.77. The van der Waals surface area contributed by atoms with Crippen LogP contribution in [0.2, 0.25) is 0 Å². The molecule has 0 atom stereocenters. The molecule has 1 saturated heterocycles. The highest BCUT2D eigenvalue weighted by atomic mass is 15.3. The lowest BCUT2D eigenvalue weighted by Crippen LogP contribution is -2.74. The standard InChI is InChI=1S/C39H39BN/c1-38(2)27-16-28-39(3,4)41(38)37-26-15-14-25-36(37)40(33-22-11-8-19-30(33)29-17-6-5-7-18-29)34-23-12-9-20-31(34)32-21-10-13-24-35(32)40/h5-15,17-26H,16,27-28H2,1-4H3/q-1. The molecule has 2 heteroatoms. The maximum Gasteiger partial charge on any atom is 0.112 e. The van der Waals surface area contributed by atoms with E-state index in [1.54, 1.807) is 0 Å². The second-order valence-corrected chi connectivity index (χ2v) is 13.4. The number of fused-ring (bicyclic) bond motifs is 3. The van der Waals surface area contributed by atoms with Crippen LogP contribution in [0.15, 0.2) is 127 Å². The number of benzene rings is 5. The lowest BCUT2D eigenvalue weighted by atomic mass is 9.13. The predicted octanol–water partition coefficient (Wildman–Crippen LogP) is 7.26. The molecule has 0 saturated carbocycles. The smallest absolute Gasteiger partial charge is 0.112 e. The molecule has 41 heavy (non-hydrogen) atoms. The average molecular weight is 533 g/mol. The summed E-state index contributed by atoms with van der Waals surface area (Å²) in [6.45, 7) is 9.77. The third-order valence-corrected chi connectivity index (χ3v) is 10.1. The highest BCUT2D eigenvalue weighted by Crippen LogP contribution is 2.42. The van der Waals surface area contributed by atoms with Crippen molar-refractivity contribution in [3.63, 3.8) is 0 Å². The zero-order chi connectivity index (χ0) is 28.2. The first-order valence-electron chi connectivity index (χ1n) is 15.3. The number of hydrogen-bond donors (Lipinski definition) is 0. The van der Waals surface area contributed by atoms with E-state index in [0.29, 0.717) is 0 Å². The number of rotatable bonds is 4. The first-order valence-corrected chi connectivity index (χ1v) is 15.3. The zero-order valence-corrected chi connectivity index (χ0v) is 24.8. The van der Waals surface area contributed by atoms with Gasteiger partial charge in [0.15, 0.2) is 0 Å². The molecule has 1 nitrogen and oxygen atoms in total. The van der Waals surface area contributed by atoms with Gasteiger partial charge in [-0.25, -0.2) is 0 Å². The summed E-state index contributed by atoms with van der Waals surface area (Å²) in [5.74, 6) is 0. The van der Waals surface area contributed by atoms with Crippen LogP contribution in [0.4, 0.5) is 5.69 Å². The largest absolute Gasteiger partial charge is 0.364 e. The van der Waals surface area contributed by atoms with Crippen molar-refractivity contribution in [3.8, 4) is 22.3 Å². The quantitative estimate of drug-likeness (QED) is 0.216. The summed E-state index contributed by atoms with van der Waals surface area (Å²) in [5.41, 5.74) is 12.4. The average Bonchev–Trinajstić information content (AvgIpc) is 3.28. The minimum Gasteiger partial charge on any atom is -0.364 e. The molecule has 0 unspecified atom stereocenters. The van der Waals surface area contributed by atoms with Gasteiger partial charge in [0.1, 0.15) is 6.15 Å². The lowest BCUT2D eigenvalue weighted by molar-refractivity contribution is 0.244. The van der Waals surface area contributed by atoms with Crippen molar-refractivity contribution in [1.29, 1.82) is 0 Å². The van der Waals surface area contributed by atoms with Gasteiger partial charge in [0.25, 0.3) is 0 Å². The van der Waals surface area contributed by atoms with Crippen LogP contribution in [-0.4, -0.2) is 17.2 Å². The van der Waals surface area contributed by atoms with E-state index in [0.717, 1.165) is 0 Å². The molecular formula is C39H39BN-. The summed E-state index contributed by atoms with van der Waals surface area (Å²) in [7, 11) is 0. The Morgan fingerprint density at radius 2 is 0.878 bits per heavy atom. The first-order chi connectivity index (χ1) is 19.9. The van der Waals surface area contributed by atoms with E-state index >= 15 is 0 Å². The van der Waals surface area contributed by atoms with Crippen molar-refractivity contribution in [2.75, 3.05) is 4.90 Å². The number of piperidine rings is 1. The Morgan fingerprint density at radius 3 is 1.44 bits per heavy atom. The molecular weight excluding hydrogens is 493 g/mol. The zero-order valence-electron chi connectivity index (χ0n) is 24.8. The maximum atomic E-state index is 2.77. The van der Waals surface area contributed by atoms with E-state index in [1.807, 2.05) is 0 Å². The SMILES string of the molecule is CC1(C)CCCC(C)(C)N1c1ccccc1[B-]1(c2ccccc2-c2ccccc2)c2ccccc2-c2ccccc21. The van der Waals surface area contributed by atoms with Crippen LogP contribution in [-0.2, 0) is 0 Å². The van der Waals surface area contributed by atoms with Crippen molar-refractivity contribution < 1.29 is 0 Å². The van der Waals surface area contributed by atoms with Crippen LogP contribution < -0.4 is 26.8 Å². The molecule has 204 valence electrons. The van der Waals surface area contributed by atoms with Crippen molar-refractivity contribution in [3.05, 3.63) is 127 Å². The fourth-order valence-electron chi connectivity index (χ4n) is 8.71. The molecule has 5 aromatic rings. The summed E-state index contributed by atoms with van der Waals surface area (Å²) < 4.78 is 0. The molecule has 0 aliphatic carbocycles. The van der Waals surface area contributed by atoms with Gasteiger partial charge in [-0.2, -0.15) is 21.9 Å². The van der Waals surface area contributed by atoms with Crippen molar-refractivity contribution in [1.82, 2.24) is 0 Å². The molecule has 0 N–H and O–H groups in total. The Kier molecular flexibility index (Phi) is 6.01. The van der Waals surface area contributed by atoms with Gasteiger partial charge in [0.05, 0.1) is 0 Å². The van der Waals surface area contributed by atoms with Gasteiger partial charge in [-0.05, 0) is 58.6 Å². The van der Waals surface area contributed by atoms with E-state index < -0.39 is 6.15 Å². The number of para-hydroxylation sites is 1. The van der Waals surface area contributed by atoms with Gasteiger partial charge in [-0.3, -0.25) is 0 Å². The fourth-order valence-corrected chi connectivity index (χ4v) is 8.71. The van der Waals surface area contributed by atoms with Gasteiger partial charge in [-0.15, -0.1) is 0 Å². The third-order valence-electron chi connectivity index (χ3n) is 10.1. The van der Waals surface area contributed by atoms with Gasteiger partial charge < -0.3 is 4.90 Å². The molecule has 0 aromatic heterocycles. The number of anilines is 1. The molecule has 7 rings (SSSR count). The van der Waals surface area contributed by atoms with E-state index in [1.165, 1.54) is 69.1 Å². The van der Waals surface area contributed by atoms with Crippen molar-refractivity contribution in [2.24, 2.45) is 0 Å². The van der Waals surface area contributed by atoms with Crippen LogP contribution in [0.1, 0.15) is 47.0 Å². The predicted molar refractivity (Wildman–Crippen MR) is 179 cm³/mol. The van der Waals surface area contributed by atoms with Crippen LogP contribution in [0.3, 0.4) is 0 Å². The first kappa shape index (κ1) is 25.9. The van der Waals surface area contributed by atoms with Crippen LogP contribution >= 0.6 is 0 Å². The Bertz CT molecular complexity index is 1670. The number of nitrogens with zero attached hydrogens (tertiary/aromatic N) is 1. The van der Waals surface area contributed by atoms with Crippen LogP contribution in [0, 0.1) is 0 Å². The fraction of sp³-hybridized carbons (Fsp3) is 0.231. The molecule has 0 radical (unpaired) electrons. The lowest BCUT2D eigenvalue weighted by Gasteiger charge is -2.57. The molecule has 2 aliphatic rings. The van der Waals surface area contributed by atoms with Crippen molar-refractivity contribution in [2.45, 2.75) is 58.0 Å². The molecule has 1 fully saturated rings. The molecule has 0 bridgehead atoms. The van der Waals surface area contributed by atoms with Gasteiger partial charge >= 0.3 is 0 Å². The highest BCUT2D eigenvalue weighted by molar-refractivity contribution is 7.23. The van der Waals surface area contributed by atoms with E-state index in [4.69, 9.17) is 0 Å². The molecule has 2 aliphatic heterocycles. The second kappa shape index (κ2) is 9.52. The minimum atomic E-state index is -1.50. The Balaban J connectivity index is 1.65. The third kappa shape index (κ3) is 3.84. The maximum absolute atomic E-state index is 2.77. The Morgan fingerprint density at radius 1 is 0.463 bits per heavy atom. The second-order valence-electron chi connectivity index (χ2n) is 13.4. The highest BCUT2D eigenvalue weighted by Gasteiger charge is 2.46. The monoisotopic (exact) mass is 532 g/mol. The normalized spacial score (nSPS) is 18.0. The van der Waals surface area contributed by atoms with Crippen LogP contribution in [0.5, 0.6) is 0 Å². The summed E-state index contributed by atoms with van der Waals surface area (Å²) in [5, 5.41) is 0. The molecule has 5 aromatic carbocycles. The summed E-state index contributed by atoms with van der Waals surface area (Å²) in [6.07, 6.45) is 2.15. The van der Waals surface area contributed by atoms with E-state index in [9.17, 15) is 0 Å².